The lowest BCUT2D eigenvalue weighted by atomic mass is 10.1. The van der Waals surface area contributed by atoms with Crippen LogP contribution in [0.2, 0.25) is 0 Å². The third-order valence-electron chi connectivity index (χ3n) is 3.61. The summed E-state index contributed by atoms with van der Waals surface area (Å²) in [6.45, 7) is 6.29. The van der Waals surface area contributed by atoms with Gasteiger partial charge in [0.25, 0.3) is 0 Å². The van der Waals surface area contributed by atoms with Crippen molar-refractivity contribution in [3.63, 3.8) is 0 Å². The summed E-state index contributed by atoms with van der Waals surface area (Å²) in [7, 11) is 0. The summed E-state index contributed by atoms with van der Waals surface area (Å²) in [5.74, 6) is -0.887. The topological polar surface area (TPSA) is 68.5 Å². The van der Waals surface area contributed by atoms with Gasteiger partial charge in [0.1, 0.15) is 5.75 Å². The predicted octanol–water partition coefficient (Wildman–Crippen LogP) is 2.87. The molecule has 1 heterocycles. The first-order chi connectivity index (χ1) is 10.4. The van der Waals surface area contributed by atoms with Gasteiger partial charge in [0.15, 0.2) is 6.61 Å². The van der Waals surface area contributed by atoms with Crippen LogP contribution in [0.5, 0.6) is 5.75 Å². The summed E-state index contributed by atoms with van der Waals surface area (Å²) >= 11 is 0. The molecule has 1 aromatic heterocycles. The molecule has 0 atom stereocenters. The Morgan fingerprint density at radius 1 is 1.23 bits per heavy atom. The number of Topliss-reactive ketones (excluding diaryl/α,β-unsaturated/α-hetero) is 1. The molecule has 5 nitrogen and oxygen atoms in total. The van der Waals surface area contributed by atoms with Crippen LogP contribution in [-0.4, -0.2) is 28.0 Å². The molecule has 0 spiro atoms. The van der Waals surface area contributed by atoms with Crippen LogP contribution in [0, 0.1) is 13.8 Å². The summed E-state index contributed by atoms with van der Waals surface area (Å²) in [4.78, 5) is 24.1. The van der Waals surface area contributed by atoms with Gasteiger partial charge in [0.2, 0.25) is 5.78 Å². The molecule has 0 fully saturated rings. The van der Waals surface area contributed by atoms with Crippen LogP contribution in [-0.2, 0) is 11.3 Å². The van der Waals surface area contributed by atoms with Gasteiger partial charge >= 0.3 is 5.97 Å². The van der Waals surface area contributed by atoms with Gasteiger partial charge in [-0.05, 0) is 45.0 Å². The number of phenols is 1. The first kappa shape index (κ1) is 15.8. The second-order valence-corrected chi connectivity index (χ2v) is 5.08. The minimum atomic E-state index is -0.631. The summed E-state index contributed by atoms with van der Waals surface area (Å²) in [5.41, 5.74) is 2.66. The molecular weight excluding hydrogens is 282 g/mol. The molecule has 0 unspecified atom stereocenters. The van der Waals surface area contributed by atoms with E-state index in [4.69, 9.17) is 4.74 Å². The van der Waals surface area contributed by atoms with Gasteiger partial charge in [-0.1, -0.05) is 6.07 Å². The minimum Gasteiger partial charge on any atom is -0.508 e. The number of ether oxygens (including phenoxy) is 1. The maximum atomic E-state index is 12.2. The molecule has 116 valence electrons. The molecule has 1 N–H and O–H groups in total. The highest BCUT2D eigenvalue weighted by atomic mass is 16.5. The Bertz CT molecular complexity index is 715. The molecule has 0 bridgehead atoms. The number of hydrogen-bond donors (Lipinski definition) is 1. The summed E-state index contributed by atoms with van der Waals surface area (Å²) < 4.78 is 7.06. The number of ketones is 1. The van der Waals surface area contributed by atoms with Gasteiger partial charge < -0.3 is 14.4 Å². The largest absolute Gasteiger partial charge is 0.508 e. The van der Waals surface area contributed by atoms with Crippen LogP contribution in [0.15, 0.2) is 30.3 Å². The fraction of sp³-hybridized carbons (Fsp3) is 0.294. The van der Waals surface area contributed by atoms with Crippen molar-refractivity contribution in [2.75, 3.05) is 6.61 Å². The van der Waals surface area contributed by atoms with Crippen molar-refractivity contribution >= 4 is 11.8 Å². The summed E-state index contributed by atoms with van der Waals surface area (Å²) in [6, 6.07) is 7.64. The maximum Gasteiger partial charge on any atom is 0.338 e. The first-order valence-electron chi connectivity index (χ1n) is 7.10. The van der Waals surface area contributed by atoms with E-state index in [9.17, 15) is 14.7 Å². The Hall–Kier alpha value is -2.56. The molecule has 1 aromatic carbocycles. The molecule has 2 aromatic rings. The number of rotatable bonds is 5. The quantitative estimate of drug-likeness (QED) is 0.681. The van der Waals surface area contributed by atoms with Crippen LogP contribution in [0.1, 0.15) is 39.0 Å². The highest BCUT2D eigenvalue weighted by molar-refractivity contribution is 6.00. The maximum absolute atomic E-state index is 12.2. The van der Waals surface area contributed by atoms with Crippen molar-refractivity contribution in [3.05, 3.63) is 52.8 Å². The number of esters is 1. The normalized spacial score (nSPS) is 10.5. The van der Waals surface area contributed by atoms with Crippen molar-refractivity contribution in [3.8, 4) is 5.75 Å². The molecule has 2 rings (SSSR count). The molecule has 0 aliphatic heterocycles. The van der Waals surface area contributed by atoms with Gasteiger partial charge in [-0.3, -0.25) is 4.79 Å². The van der Waals surface area contributed by atoms with Crippen LogP contribution in [0.4, 0.5) is 0 Å². The predicted molar refractivity (Wildman–Crippen MR) is 82.3 cm³/mol. The van der Waals surface area contributed by atoms with E-state index in [1.807, 2.05) is 31.4 Å². The van der Waals surface area contributed by atoms with E-state index in [0.29, 0.717) is 5.56 Å². The van der Waals surface area contributed by atoms with Crippen molar-refractivity contribution in [2.45, 2.75) is 27.3 Å². The Kier molecular flexibility index (Phi) is 4.65. The van der Waals surface area contributed by atoms with Crippen molar-refractivity contribution in [2.24, 2.45) is 0 Å². The zero-order valence-electron chi connectivity index (χ0n) is 12.9. The standard InChI is InChI=1S/C17H19NO4/c1-4-18-11(2)8-15(12(18)3)16(20)10-22-17(21)13-6-5-7-14(19)9-13/h5-9,19H,4,10H2,1-3H3. The van der Waals surface area contributed by atoms with Gasteiger partial charge in [0, 0.05) is 23.5 Å². The van der Waals surface area contributed by atoms with E-state index in [1.165, 1.54) is 18.2 Å². The number of aromatic nitrogens is 1. The Morgan fingerprint density at radius 3 is 2.55 bits per heavy atom. The summed E-state index contributed by atoms with van der Waals surface area (Å²) in [6.07, 6.45) is 0. The molecule has 5 heteroatoms. The number of carbonyl (C=O) groups excluding carboxylic acids is 2. The molecule has 22 heavy (non-hydrogen) atoms. The number of aryl methyl sites for hydroxylation is 1. The molecule has 0 amide bonds. The Morgan fingerprint density at radius 2 is 1.95 bits per heavy atom. The van der Waals surface area contributed by atoms with E-state index in [1.54, 1.807) is 6.07 Å². The number of carbonyl (C=O) groups is 2. The van der Waals surface area contributed by atoms with Gasteiger partial charge in [-0.25, -0.2) is 4.79 Å². The molecule has 0 aliphatic rings. The highest BCUT2D eigenvalue weighted by Gasteiger charge is 2.17. The lowest BCUT2D eigenvalue weighted by molar-refractivity contribution is 0.0474. The molecule has 0 saturated heterocycles. The highest BCUT2D eigenvalue weighted by Crippen LogP contribution is 2.16. The average molecular weight is 301 g/mol. The van der Waals surface area contributed by atoms with Crippen LogP contribution in [0.25, 0.3) is 0 Å². The molecular formula is C17H19NO4. The smallest absolute Gasteiger partial charge is 0.338 e. The van der Waals surface area contributed by atoms with Crippen LogP contribution in [0.3, 0.4) is 0 Å². The van der Waals surface area contributed by atoms with E-state index < -0.39 is 5.97 Å². The number of phenolic OH excluding ortho intramolecular Hbond substituents is 1. The van der Waals surface area contributed by atoms with Crippen molar-refractivity contribution < 1.29 is 19.4 Å². The minimum absolute atomic E-state index is 0.0210. The fourth-order valence-electron chi connectivity index (χ4n) is 2.50. The zero-order chi connectivity index (χ0) is 16.3. The number of hydrogen-bond acceptors (Lipinski definition) is 4. The van der Waals surface area contributed by atoms with E-state index in [-0.39, 0.29) is 23.7 Å². The fourth-order valence-corrected chi connectivity index (χ4v) is 2.50. The van der Waals surface area contributed by atoms with Crippen LogP contribution >= 0.6 is 0 Å². The SMILES string of the molecule is CCn1c(C)cc(C(=O)COC(=O)c2cccc(O)c2)c1C. The second-order valence-electron chi connectivity index (χ2n) is 5.08. The second kappa shape index (κ2) is 6.47. The molecule has 0 aliphatic carbocycles. The number of nitrogens with zero attached hydrogens (tertiary/aromatic N) is 1. The Labute approximate surface area is 129 Å². The van der Waals surface area contributed by atoms with Gasteiger partial charge in [-0.15, -0.1) is 0 Å². The lowest BCUT2D eigenvalue weighted by Crippen LogP contribution is -2.15. The van der Waals surface area contributed by atoms with Crippen molar-refractivity contribution in [1.29, 1.82) is 0 Å². The third-order valence-corrected chi connectivity index (χ3v) is 3.61. The number of aromatic hydroxyl groups is 1. The van der Waals surface area contributed by atoms with Gasteiger partial charge in [0.05, 0.1) is 5.56 Å². The van der Waals surface area contributed by atoms with Crippen LogP contribution < -0.4 is 0 Å². The first-order valence-corrected chi connectivity index (χ1v) is 7.10. The van der Waals surface area contributed by atoms with Crippen molar-refractivity contribution in [1.82, 2.24) is 4.57 Å². The van der Waals surface area contributed by atoms with E-state index in [0.717, 1.165) is 17.9 Å². The average Bonchev–Trinajstić information content (AvgIpc) is 2.78. The number of benzene rings is 1. The summed E-state index contributed by atoms with van der Waals surface area (Å²) in [5, 5.41) is 9.34. The zero-order valence-corrected chi connectivity index (χ0v) is 12.9. The van der Waals surface area contributed by atoms with E-state index >= 15 is 0 Å². The van der Waals surface area contributed by atoms with Gasteiger partial charge in [-0.2, -0.15) is 0 Å². The monoisotopic (exact) mass is 301 g/mol. The molecule has 0 radical (unpaired) electrons. The lowest BCUT2D eigenvalue weighted by Gasteiger charge is -2.06. The third kappa shape index (κ3) is 3.19. The van der Waals surface area contributed by atoms with E-state index in [2.05, 4.69) is 0 Å². The molecule has 0 saturated carbocycles. The Balaban J connectivity index is 2.06.